The maximum absolute atomic E-state index is 13.3. The Balaban J connectivity index is 1.69. The molecule has 0 aromatic rings. The fourth-order valence-electron chi connectivity index (χ4n) is 11.6. The van der Waals surface area contributed by atoms with Crippen LogP contribution >= 0.6 is 0 Å². The summed E-state index contributed by atoms with van der Waals surface area (Å²) in [5.74, 6) is -0.238. The first-order valence-electron chi connectivity index (χ1n) is 35.4. The van der Waals surface area contributed by atoms with Gasteiger partial charge in [0, 0.05) is 6.42 Å². The van der Waals surface area contributed by atoms with Crippen LogP contribution in [-0.4, -0.2) is 140 Å². The molecular formula is C71H131NO13. The van der Waals surface area contributed by atoms with Crippen LogP contribution in [0.25, 0.3) is 0 Å². The summed E-state index contributed by atoms with van der Waals surface area (Å²) in [6, 6.07) is -0.918. The van der Waals surface area contributed by atoms with Gasteiger partial charge in [-0.2, -0.15) is 0 Å². The van der Waals surface area contributed by atoms with Gasteiger partial charge < -0.3 is 65.1 Å². The first-order valence-corrected chi connectivity index (χ1v) is 35.4. The predicted octanol–water partition coefficient (Wildman–Crippen LogP) is 14.3. The summed E-state index contributed by atoms with van der Waals surface area (Å²) in [5, 5.41) is 87.5. The third-order valence-electron chi connectivity index (χ3n) is 17.3. The van der Waals surface area contributed by atoms with Crippen molar-refractivity contribution < 1.29 is 64.6 Å². The van der Waals surface area contributed by atoms with Crippen LogP contribution in [0.4, 0.5) is 0 Å². The van der Waals surface area contributed by atoms with Gasteiger partial charge in [-0.25, -0.2) is 0 Å². The molecule has 0 radical (unpaired) electrons. The van der Waals surface area contributed by atoms with Gasteiger partial charge in [-0.15, -0.1) is 0 Å². The van der Waals surface area contributed by atoms with Crippen molar-refractivity contribution in [3.63, 3.8) is 0 Å². The van der Waals surface area contributed by atoms with E-state index >= 15 is 0 Å². The summed E-state index contributed by atoms with van der Waals surface area (Å²) >= 11 is 0. The topological polar surface area (TPSA) is 228 Å². The van der Waals surface area contributed by atoms with Crippen LogP contribution < -0.4 is 5.32 Å². The van der Waals surface area contributed by atoms with Crippen LogP contribution in [0.1, 0.15) is 303 Å². The van der Waals surface area contributed by atoms with Crippen molar-refractivity contribution in [1.82, 2.24) is 5.32 Å². The molecule has 0 aromatic carbocycles. The maximum atomic E-state index is 13.3. The predicted molar refractivity (Wildman–Crippen MR) is 346 cm³/mol. The molecule has 0 bridgehead atoms. The third-order valence-corrected chi connectivity index (χ3v) is 17.3. The van der Waals surface area contributed by atoms with Crippen LogP contribution in [0.15, 0.2) is 48.6 Å². The Labute approximate surface area is 518 Å². The number of amides is 1. The zero-order valence-corrected chi connectivity index (χ0v) is 54.1. The number of nitrogens with one attached hydrogen (secondary N) is 1. The highest BCUT2D eigenvalue weighted by Gasteiger charge is 2.51. The Morgan fingerprint density at radius 3 is 1.19 bits per heavy atom. The van der Waals surface area contributed by atoms with E-state index in [0.29, 0.717) is 6.42 Å². The van der Waals surface area contributed by atoms with E-state index in [-0.39, 0.29) is 18.9 Å². The van der Waals surface area contributed by atoms with Gasteiger partial charge in [-0.1, -0.05) is 287 Å². The first kappa shape index (κ1) is 79.0. The van der Waals surface area contributed by atoms with Crippen molar-refractivity contribution in [2.24, 2.45) is 0 Å². The molecule has 2 aliphatic heterocycles. The van der Waals surface area contributed by atoms with Gasteiger partial charge in [-0.05, 0) is 57.8 Å². The second-order valence-electron chi connectivity index (χ2n) is 25.0. The fraction of sp³-hybridized carbons (Fsp3) is 0.873. The van der Waals surface area contributed by atoms with Gasteiger partial charge in [0.1, 0.15) is 48.8 Å². The van der Waals surface area contributed by atoms with Gasteiger partial charge >= 0.3 is 0 Å². The van der Waals surface area contributed by atoms with E-state index in [1.807, 2.05) is 6.08 Å². The van der Waals surface area contributed by atoms with Gasteiger partial charge in [0.05, 0.1) is 32.0 Å². The Kier molecular flexibility index (Phi) is 52.1. The molecule has 0 saturated carbocycles. The van der Waals surface area contributed by atoms with Gasteiger partial charge in [0.2, 0.25) is 5.91 Å². The van der Waals surface area contributed by atoms with Crippen LogP contribution in [0.3, 0.4) is 0 Å². The molecule has 498 valence electrons. The van der Waals surface area contributed by atoms with Crippen molar-refractivity contribution in [2.45, 2.75) is 376 Å². The zero-order valence-electron chi connectivity index (χ0n) is 54.1. The standard InChI is InChI=1S/C71H131NO13/c1-3-5-7-9-11-13-15-17-19-21-23-25-27-29-30-31-33-35-37-39-41-43-45-47-49-51-53-55-63(76)72-59(58-82-70-68(81)66(79)69(62(57-74)84-70)85-71-67(80)65(78)64(77)61(56-73)83-71)60(75)54-52-50-48-46-44-42-40-38-36-34-32-28-26-24-22-20-18-16-14-12-10-8-6-4-2/h15,17,21,23,27,29,52,54,59-62,64-71,73-75,77-81H,3-14,16,18-20,22,24-26,28,30-51,53,55-58H2,1-2H3,(H,72,76)/b17-15-,23-21-,29-27-,54-52+. The number of carbonyl (C=O) groups is 1. The number of rotatable bonds is 58. The smallest absolute Gasteiger partial charge is 0.220 e. The summed E-state index contributed by atoms with van der Waals surface area (Å²) < 4.78 is 22.9. The normalized spacial score (nSPS) is 23.8. The van der Waals surface area contributed by atoms with Gasteiger partial charge in [0.25, 0.3) is 0 Å². The summed E-state index contributed by atoms with van der Waals surface area (Å²) in [6.45, 7) is 2.83. The van der Waals surface area contributed by atoms with E-state index in [1.165, 1.54) is 225 Å². The lowest BCUT2D eigenvalue weighted by molar-refractivity contribution is -0.359. The minimum Gasteiger partial charge on any atom is -0.394 e. The molecule has 1 amide bonds. The molecule has 2 rings (SSSR count). The van der Waals surface area contributed by atoms with E-state index in [1.54, 1.807) is 6.08 Å². The maximum Gasteiger partial charge on any atom is 0.220 e. The van der Waals surface area contributed by atoms with Crippen LogP contribution in [0.2, 0.25) is 0 Å². The van der Waals surface area contributed by atoms with E-state index in [4.69, 9.17) is 18.9 Å². The molecule has 2 fully saturated rings. The Hall–Kier alpha value is -2.05. The van der Waals surface area contributed by atoms with E-state index in [9.17, 15) is 45.6 Å². The van der Waals surface area contributed by atoms with Crippen LogP contribution in [0.5, 0.6) is 0 Å². The highest BCUT2D eigenvalue weighted by molar-refractivity contribution is 5.76. The molecule has 2 saturated heterocycles. The van der Waals surface area contributed by atoms with Gasteiger partial charge in [0.15, 0.2) is 12.6 Å². The number of unbranched alkanes of at least 4 members (excludes halogenated alkanes) is 39. The zero-order chi connectivity index (χ0) is 61.6. The Bertz CT molecular complexity index is 1610. The summed E-state index contributed by atoms with van der Waals surface area (Å²) in [4.78, 5) is 13.3. The molecule has 14 heteroatoms. The highest BCUT2D eigenvalue weighted by Crippen LogP contribution is 2.30. The molecular weight excluding hydrogens is 1070 g/mol. The quantitative estimate of drug-likeness (QED) is 0.0204. The summed E-state index contributed by atoms with van der Waals surface area (Å²) in [6.07, 6.45) is 55.8. The molecule has 0 aromatic heterocycles. The van der Waals surface area contributed by atoms with Crippen molar-refractivity contribution in [3.8, 4) is 0 Å². The second-order valence-corrected chi connectivity index (χ2v) is 25.0. The van der Waals surface area contributed by atoms with Crippen molar-refractivity contribution in [2.75, 3.05) is 19.8 Å². The minimum atomic E-state index is -1.79. The fourth-order valence-corrected chi connectivity index (χ4v) is 11.6. The van der Waals surface area contributed by atoms with Gasteiger partial charge in [-0.3, -0.25) is 4.79 Å². The number of aliphatic hydroxyl groups is 8. The van der Waals surface area contributed by atoms with Crippen molar-refractivity contribution in [1.29, 1.82) is 0 Å². The van der Waals surface area contributed by atoms with E-state index in [0.717, 1.165) is 51.4 Å². The lowest BCUT2D eigenvalue weighted by Gasteiger charge is -2.46. The molecule has 2 heterocycles. The van der Waals surface area contributed by atoms with Crippen molar-refractivity contribution in [3.05, 3.63) is 48.6 Å². The Morgan fingerprint density at radius 2 is 0.776 bits per heavy atom. The molecule has 0 spiro atoms. The Morgan fingerprint density at radius 1 is 0.424 bits per heavy atom. The number of allylic oxidation sites excluding steroid dienone is 7. The van der Waals surface area contributed by atoms with E-state index in [2.05, 4.69) is 55.6 Å². The second kappa shape index (κ2) is 56.0. The lowest BCUT2D eigenvalue weighted by Crippen LogP contribution is -2.65. The average molecular weight is 1210 g/mol. The molecule has 0 aliphatic carbocycles. The third kappa shape index (κ3) is 40.3. The van der Waals surface area contributed by atoms with E-state index < -0.39 is 86.8 Å². The number of carbonyl (C=O) groups excluding carboxylic acids is 1. The van der Waals surface area contributed by atoms with Crippen LogP contribution in [-0.2, 0) is 23.7 Å². The number of hydrogen-bond donors (Lipinski definition) is 9. The molecule has 12 atom stereocenters. The molecule has 85 heavy (non-hydrogen) atoms. The largest absolute Gasteiger partial charge is 0.394 e. The lowest BCUT2D eigenvalue weighted by atomic mass is 9.97. The molecule has 12 unspecified atom stereocenters. The SMILES string of the molecule is CCCCCCC/C=C\C/C=C\C/C=C\CCCCCCCCCCCCCCC(=O)NC(COC1OC(CO)C(OC2OC(CO)C(O)C(O)C2O)C(O)C1O)C(O)/C=C/CCCCCCCCCCCCCCCCCCCCCCCC. The number of ether oxygens (including phenoxy) is 4. The average Bonchev–Trinajstić information content (AvgIpc) is 3.68. The highest BCUT2D eigenvalue weighted by atomic mass is 16.7. The minimum absolute atomic E-state index is 0.238. The molecule has 2 aliphatic rings. The number of aliphatic hydroxyl groups excluding tert-OH is 8. The van der Waals surface area contributed by atoms with Crippen LogP contribution in [0, 0.1) is 0 Å². The molecule has 14 nitrogen and oxygen atoms in total. The van der Waals surface area contributed by atoms with Crippen molar-refractivity contribution >= 4 is 5.91 Å². The molecule has 9 N–H and O–H groups in total. The summed E-state index contributed by atoms with van der Waals surface area (Å²) in [5.41, 5.74) is 0. The number of hydrogen-bond acceptors (Lipinski definition) is 13. The summed E-state index contributed by atoms with van der Waals surface area (Å²) in [7, 11) is 0. The monoisotopic (exact) mass is 1210 g/mol. The first-order chi connectivity index (χ1) is 41.6.